The predicted octanol–water partition coefficient (Wildman–Crippen LogP) is 3.94. The quantitative estimate of drug-likeness (QED) is 0.403. The normalized spacial score (nSPS) is 11.9. The van der Waals surface area contributed by atoms with E-state index in [1.807, 2.05) is 61.5 Å². The molecule has 4 aromatic rings. The number of rotatable bonds is 8. The van der Waals surface area contributed by atoms with Crippen molar-refractivity contribution in [1.29, 1.82) is 0 Å². The third-order valence-electron chi connectivity index (χ3n) is 4.57. The summed E-state index contributed by atoms with van der Waals surface area (Å²) < 4.78 is 13.3. The van der Waals surface area contributed by atoms with E-state index in [0.29, 0.717) is 28.5 Å². The van der Waals surface area contributed by atoms with Gasteiger partial charge in [0.2, 0.25) is 4.96 Å². The molecule has 0 aliphatic carbocycles. The van der Waals surface area contributed by atoms with Crippen LogP contribution in [-0.2, 0) is 0 Å². The minimum absolute atomic E-state index is 0.178. The molecule has 0 unspecified atom stereocenters. The van der Waals surface area contributed by atoms with E-state index in [9.17, 15) is 4.79 Å². The molecule has 0 spiro atoms. The molecule has 0 bridgehead atoms. The summed E-state index contributed by atoms with van der Waals surface area (Å²) in [5.41, 5.74) is 1.54. The Balaban J connectivity index is 1.66. The second kappa shape index (κ2) is 9.09. The molecule has 2 heterocycles. The molecule has 0 N–H and O–H groups in total. The van der Waals surface area contributed by atoms with Crippen LogP contribution in [-0.4, -0.2) is 27.8 Å². The van der Waals surface area contributed by atoms with Crippen molar-refractivity contribution in [3.8, 4) is 22.9 Å². The first-order valence-corrected chi connectivity index (χ1v) is 10.9. The van der Waals surface area contributed by atoms with Crippen LogP contribution in [0, 0.1) is 0 Å². The van der Waals surface area contributed by atoms with Gasteiger partial charge in [0.25, 0.3) is 5.56 Å². The Bertz CT molecular complexity index is 1250. The highest BCUT2D eigenvalue weighted by Crippen LogP contribution is 2.21. The third kappa shape index (κ3) is 4.21. The number of benzene rings is 2. The summed E-state index contributed by atoms with van der Waals surface area (Å²) in [5.74, 6) is 2.10. The van der Waals surface area contributed by atoms with Gasteiger partial charge in [-0.3, -0.25) is 4.79 Å². The van der Waals surface area contributed by atoms with Gasteiger partial charge < -0.3 is 9.47 Å². The zero-order valence-electron chi connectivity index (χ0n) is 17.0. The predicted molar refractivity (Wildman–Crippen MR) is 119 cm³/mol. The van der Waals surface area contributed by atoms with E-state index >= 15 is 0 Å². The summed E-state index contributed by atoms with van der Waals surface area (Å²) in [5, 5.41) is 4.41. The topological polar surface area (TPSA) is 65.7 Å². The first-order chi connectivity index (χ1) is 14.7. The van der Waals surface area contributed by atoms with E-state index in [1.54, 1.807) is 0 Å². The van der Waals surface area contributed by atoms with E-state index < -0.39 is 0 Å². The summed E-state index contributed by atoms with van der Waals surface area (Å²) in [6.07, 6.45) is 3.91. The molecule has 30 heavy (non-hydrogen) atoms. The van der Waals surface area contributed by atoms with Crippen LogP contribution in [0.15, 0.2) is 53.3 Å². The molecule has 4 rings (SSSR count). The van der Waals surface area contributed by atoms with Gasteiger partial charge in [0.05, 0.1) is 17.7 Å². The lowest BCUT2D eigenvalue weighted by molar-refractivity contribution is 0.309. The molecule has 7 heteroatoms. The maximum atomic E-state index is 12.9. The van der Waals surface area contributed by atoms with Crippen molar-refractivity contribution in [2.45, 2.75) is 26.7 Å². The summed E-state index contributed by atoms with van der Waals surface area (Å²) in [6.45, 7) is 5.34. The van der Waals surface area contributed by atoms with E-state index in [-0.39, 0.29) is 5.56 Å². The third-order valence-corrected chi connectivity index (χ3v) is 5.53. The number of para-hydroxylation sites is 1. The van der Waals surface area contributed by atoms with Gasteiger partial charge in [-0.2, -0.15) is 9.50 Å². The van der Waals surface area contributed by atoms with Crippen molar-refractivity contribution in [2.24, 2.45) is 0 Å². The molecule has 2 aromatic carbocycles. The van der Waals surface area contributed by atoms with Gasteiger partial charge in [-0.05, 0) is 49.8 Å². The fourth-order valence-corrected chi connectivity index (χ4v) is 3.92. The lowest BCUT2D eigenvalue weighted by Gasteiger charge is -2.07. The summed E-state index contributed by atoms with van der Waals surface area (Å²) >= 11 is 1.32. The molecule has 6 nitrogen and oxygen atoms in total. The molecule has 0 saturated heterocycles. The first-order valence-electron chi connectivity index (χ1n) is 10.1. The Morgan fingerprint density at radius 2 is 1.87 bits per heavy atom. The highest BCUT2D eigenvalue weighted by molar-refractivity contribution is 7.15. The number of aromatic nitrogens is 3. The first kappa shape index (κ1) is 20.1. The van der Waals surface area contributed by atoms with Crippen molar-refractivity contribution in [2.75, 3.05) is 13.2 Å². The van der Waals surface area contributed by atoms with Crippen LogP contribution in [0.3, 0.4) is 0 Å². The van der Waals surface area contributed by atoms with Gasteiger partial charge in [-0.25, -0.2) is 0 Å². The van der Waals surface area contributed by atoms with E-state index in [1.165, 1.54) is 15.9 Å². The van der Waals surface area contributed by atoms with Crippen molar-refractivity contribution in [3.63, 3.8) is 0 Å². The van der Waals surface area contributed by atoms with Crippen molar-refractivity contribution in [1.82, 2.24) is 14.6 Å². The molecular weight excluding hydrogens is 398 g/mol. The summed E-state index contributed by atoms with van der Waals surface area (Å²) in [6, 6.07) is 15.3. The molecule has 154 valence electrons. The Hall–Kier alpha value is -3.19. The van der Waals surface area contributed by atoms with Crippen molar-refractivity contribution in [3.05, 3.63) is 69.0 Å². The van der Waals surface area contributed by atoms with E-state index in [4.69, 9.17) is 9.47 Å². The standard InChI is InChI=1S/C23H23N3O3S/c1-3-5-14-29-19-9-7-6-8-17(19)15-20-22(27)26-23(30-20)24-21(25-26)16-10-12-18(13-11-16)28-4-2/h6-13,15H,3-5,14H2,1-2H3. The number of unbranched alkanes of at least 4 members (excludes halogenated alkanes) is 1. The summed E-state index contributed by atoms with van der Waals surface area (Å²) in [4.78, 5) is 18.0. The Labute approximate surface area is 178 Å². The molecule has 0 radical (unpaired) electrons. The maximum Gasteiger partial charge on any atom is 0.291 e. The fourth-order valence-electron chi connectivity index (χ4n) is 3.02. The van der Waals surface area contributed by atoms with Crippen LogP contribution < -0.4 is 19.6 Å². The lowest BCUT2D eigenvalue weighted by Crippen LogP contribution is -2.23. The molecule has 0 amide bonds. The van der Waals surface area contributed by atoms with Crippen molar-refractivity contribution >= 4 is 22.4 Å². The number of thiazole rings is 1. The highest BCUT2D eigenvalue weighted by Gasteiger charge is 2.12. The molecule has 0 atom stereocenters. The fraction of sp³-hybridized carbons (Fsp3) is 0.261. The minimum atomic E-state index is -0.178. The van der Waals surface area contributed by atoms with Crippen LogP contribution in [0.2, 0.25) is 0 Å². The van der Waals surface area contributed by atoms with E-state index in [0.717, 1.165) is 35.5 Å². The van der Waals surface area contributed by atoms with Crippen LogP contribution in [0.5, 0.6) is 11.5 Å². The molecular formula is C23H23N3O3S. The van der Waals surface area contributed by atoms with Crippen LogP contribution in [0.4, 0.5) is 0 Å². The number of nitrogens with zero attached hydrogens (tertiary/aromatic N) is 3. The second-order valence-corrected chi connectivity index (χ2v) is 7.75. The van der Waals surface area contributed by atoms with Crippen molar-refractivity contribution < 1.29 is 9.47 Å². The second-order valence-electron chi connectivity index (χ2n) is 6.74. The van der Waals surface area contributed by atoms with Gasteiger partial charge in [-0.15, -0.1) is 5.10 Å². The Morgan fingerprint density at radius 3 is 2.60 bits per heavy atom. The van der Waals surface area contributed by atoms with Crippen LogP contribution >= 0.6 is 11.3 Å². The molecule has 2 aromatic heterocycles. The molecule has 0 aliphatic heterocycles. The monoisotopic (exact) mass is 421 g/mol. The minimum Gasteiger partial charge on any atom is -0.494 e. The molecule has 0 saturated carbocycles. The lowest BCUT2D eigenvalue weighted by atomic mass is 10.2. The van der Waals surface area contributed by atoms with Gasteiger partial charge in [0.1, 0.15) is 11.5 Å². The number of ether oxygens (including phenoxy) is 2. The summed E-state index contributed by atoms with van der Waals surface area (Å²) in [7, 11) is 0. The zero-order chi connectivity index (χ0) is 20.9. The Kier molecular flexibility index (Phi) is 6.09. The van der Waals surface area contributed by atoms with Crippen LogP contribution in [0.1, 0.15) is 32.3 Å². The number of fused-ring (bicyclic) bond motifs is 1. The average Bonchev–Trinajstić information content (AvgIpc) is 3.30. The van der Waals surface area contributed by atoms with Gasteiger partial charge in [0.15, 0.2) is 5.82 Å². The van der Waals surface area contributed by atoms with Gasteiger partial charge >= 0.3 is 0 Å². The molecule has 0 fully saturated rings. The zero-order valence-corrected chi connectivity index (χ0v) is 17.8. The maximum absolute atomic E-state index is 12.9. The van der Waals surface area contributed by atoms with Gasteiger partial charge in [-0.1, -0.05) is 42.9 Å². The van der Waals surface area contributed by atoms with E-state index in [2.05, 4.69) is 17.0 Å². The number of hydrogen-bond donors (Lipinski definition) is 0. The highest BCUT2D eigenvalue weighted by atomic mass is 32.1. The smallest absolute Gasteiger partial charge is 0.291 e. The average molecular weight is 422 g/mol. The van der Waals surface area contributed by atoms with Crippen LogP contribution in [0.25, 0.3) is 22.4 Å². The number of hydrogen-bond acceptors (Lipinski definition) is 6. The van der Waals surface area contributed by atoms with Gasteiger partial charge in [0, 0.05) is 11.1 Å². The largest absolute Gasteiger partial charge is 0.494 e. The molecule has 0 aliphatic rings. The SMILES string of the molecule is CCCCOc1ccccc1C=c1sc2nc(-c3ccc(OCC)cc3)nn2c1=O. The Morgan fingerprint density at radius 1 is 1.07 bits per heavy atom.